The Bertz CT molecular complexity index is 793. The van der Waals surface area contributed by atoms with E-state index in [0.717, 1.165) is 57.7 Å². The molecule has 2 aliphatic heterocycles. The minimum absolute atomic E-state index is 0.180. The highest BCUT2D eigenvalue weighted by molar-refractivity contribution is 6.38. The van der Waals surface area contributed by atoms with E-state index in [2.05, 4.69) is 16.8 Å². The number of anilines is 1. The van der Waals surface area contributed by atoms with Crippen LogP contribution < -0.4 is 4.90 Å². The molecule has 196 valence electrons. The van der Waals surface area contributed by atoms with E-state index in [1.807, 2.05) is 21.6 Å². The van der Waals surface area contributed by atoms with Gasteiger partial charge < -0.3 is 19.6 Å². The van der Waals surface area contributed by atoms with E-state index in [-0.39, 0.29) is 6.03 Å². The number of amides is 3. The number of pyridine rings is 1. The first-order chi connectivity index (χ1) is 17.0. The third-order valence-corrected chi connectivity index (χ3v) is 8.16. The molecule has 3 fully saturated rings. The number of halogens is 2. The van der Waals surface area contributed by atoms with Gasteiger partial charge in [-0.3, -0.25) is 9.78 Å². The van der Waals surface area contributed by atoms with Crippen LogP contribution in [-0.4, -0.2) is 84.0 Å². The third kappa shape index (κ3) is 7.63. The highest BCUT2D eigenvalue weighted by atomic mass is 35.5. The summed E-state index contributed by atoms with van der Waals surface area (Å²) in [7, 11) is 0. The van der Waals surface area contributed by atoms with Crippen molar-refractivity contribution < 1.29 is 9.59 Å². The van der Waals surface area contributed by atoms with Gasteiger partial charge in [0.15, 0.2) is 0 Å². The van der Waals surface area contributed by atoms with Crippen molar-refractivity contribution in [2.75, 3.05) is 50.7 Å². The molecule has 0 spiro atoms. The Balaban J connectivity index is 0.000000261. The SMILES string of the molecule is CCC1CCCN(C(=O)N2CCN(c3c(Cl)cncc3Cl)CC2)C1.CCN(C=O)C1CCCCC1. The molecule has 4 rings (SSSR count). The Hall–Kier alpha value is -1.73. The summed E-state index contributed by atoms with van der Waals surface area (Å²) in [6, 6.07) is 0.728. The number of carbonyl (C=O) groups excluding carboxylic acids is 2. The Morgan fingerprint density at radius 3 is 2.20 bits per heavy atom. The molecule has 35 heavy (non-hydrogen) atoms. The van der Waals surface area contributed by atoms with E-state index in [1.54, 1.807) is 12.4 Å². The first kappa shape index (κ1) is 27.9. The summed E-state index contributed by atoms with van der Waals surface area (Å²) >= 11 is 12.5. The van der Waals surface area contributed by atoms with Crippen LogP contribution in [0.25, 0.3) is 0 Å². The molecule has 9 heteroatoms. The lowest BCUT2D eigenvalue weighted by Crippen LogP contribution is -2.54. The fourth-order valence-electron chi connectivity index (χ4n) is 5.43. The van der Waals surface area contributed by atoms with Crippen LogP contribution in [0.2, 0.25) is 10.0 Å². The second kappa shape index (κ2) is 14.1. The molecule has 3 amide bonds. The standard InChI is InChI=1S/C17H24Cl2N4O.C9H17NO/c1-2-13-4-3-5-23(12-13)17(24)22-8-6-21(7-9-22)16-14(18)10-20-11-15(16)19;1-2-10(8-11)9-6-4-3-5-7-9/h10-11,13H,2-9,12H2,1H3;8-9H,2-7H2,1H3. The van der Waals surface area contributed by atoms with Crippen molar-refractivity contribution in [1.29, 1.82) is 0 Å². The van der Waals surface area contributed by atoms with E-state index in [9.17, 15) is 9.59 Å². The number of hydrogen-bond acceptors (Lipinski definition) is 4. The molecule has 0 aromatic carbocycles. The summed E-state index contributed by atoms with van der Waals surface area (Å²) < 4.78 is 0. The van der Waals surface area contributed by atoms with Gasteiger partial charge in [0.1, 0.15) is 0 Å². The van der Waals surface area contributed by atoms with Gasteiger partial charge in [-0.1, -0.05) is 55.8 Å². The maximum Gasteiger partial charge on any atom is 0.320 e. The summed E-state index contributed by atoms with van der Waals surface area (Å²) in [4.78, 5) is 35.4. The van der Waals surface area contributed by atoms with Crippen molar-refractivity contribution in [2.24, 2.45) is 5.92 Å². The molecule has 1 unspecified atom stereocenters. The molecular formula is C26H41Cl2N5O2. The molecule has 1 atom stereocenters. The summed E-state index contributed by atoms with van der Waals surface area (Å²) in [6.07, 6.45) is 14.1. The molecule has 3 aliphatic rings. The van der Waals surface area contributed by atoms with Crippen molar-refractivity contribution in [2.45, 2.75) is 71.3 Å². The van der Waals surface area contributed by atoms with Gasteiger partial charge in [-0.15, -0.1) is 0 Å². The topological polar surface area (TPSA) is 60.0 Å². The van der Waals surface area contributed by atoms with Crippen molar-refractivity contribution >= 4 is 41.3 Å². The zero-order valence-corrected chi connectivity index (χ0v) is 22.8. The van der Waals surface area contributed by atoms with Gasteiger partial charge in [-0.2, -0.15) is 0 Å². The summed E-state index contributed by atoms with van der Waals surface area (Å²) in [5.41, 5.74) is 0.824. The number of piperazine rings is 1. The zero-order valence-electron chi connectivity index (χ0n) is 21.3. The maximum atomic E-state index is 12.8. The van der Waals surface area contributed by atoms with Gasteiger partial charge in [-0.25, -0.2) is 4.79 Å². The largest absolute Gasteiger partial charge is 0.365 e. The highest BCUT2D eigenvalue weighted by Crippen LogP contribution is 2.33. The minimum atomic E-state index is 0.180. The highest BCUT2D eigenvalue weighted by Gasteiger charge is 2.29. The average Bonchev–Trinajstić information content (AvgIpc) is 2.90. The van der Waals surface area contributed by atoms with E-state index >= 15 is 0 Å². The van der Waals surface area contributed by atoms with E-state index in [4.69, 9.17) is 23.2 Å². The first-order valence-electron chi connectivity index (χ1n) is 13.3. The molecule has 0 N–H and O–H groups in total. The van der Waals surface area contributed by atoms with Crippen molar-refractivity contribution in [1.82, 2.24) is 19.7 Å². The lowest BCUT2D eigenvalue weighted by Gasteiger charge is -2.41. The fourth-order valence-corrected chi connectivity index (χ4v) is 6.04. The van der Waals surface area contributed by atoms with Crippen LogP contribution in [0.4, 0.5) is 10.5 Å². The van der Waals surface area contributed by atoms with Gasteiger partial charge in [0, 0.05) is 64.2 Å². The number of urea groups is 1. The predicted octanol–water partition coefficient (Wildman–Crippen LogP) is 5.55. The number of carbonyl (C=O) groups is 2. The first-order valence-corrected chi connectivity index (χ1v) is 14.0. The van der Waals surface area contributed by atoms with Crippen molar-refractivity contribution in [3.05, 3.63) is 22.4 Å². The zero-order chi connectivity index (χ0) is 25.2. The van der Waals surface area contributed by atoms with Crippen LogP contribution in [-0.2, 0) is 4.79 Å². The van der Waals surface area contributed by atoms with Crippen LogP contribution in [0.5, 0.6) is 0 Å². The van der Waals surface area contributed by atoms with Crippen molar-refractivity contribution in [3.8, 4) is 0 Å². The lowest BCUT2D eigenvalue weighted by molar-refractivity contribution is -0.120. The Morgan fingerprint density at radius 2 is 1.63 bits per heavy atom. The van der Waals surface area contributed by atoms with Crippen LogP contribution in [0.1, 0.15) is 65.2 Å². The molecule has 1 aliphatic carbocycles. The van der Waals surface area contributed by atoms with Crippen LogP contribution >= 0.6 is 23.2 Å². The molecule has 0 bridgehead atoms. The molecule has 1 saturated carbocycles. The summed E-state index contributed by atoms with van der Waals surface area (Å²) in [6.45, 7) is 9.77. The predicted molar refractivity (Wildman–Crippen MR) is 143 cm³/mol. The second-order valence-electron chi connectivity index (χ2n) is 9.80. The Kier molecular flexibility index (Phi) is 11.2. The quantitative estimate of drug-likeness (QED) is 0.472. The number of rotatable bonds is 5. The number of hydrogen-bond donors (Lipinski definition) is 0. The molecule has 2 saturated heterocycles. The molecule has 7 nitrogen and oxygen atoms in total. The average molecular weight is 527 g/mol. The molecule has 1 aromatic heterocycles. The third-order valence-electron chi connectivity index (χ3n) is 7.61. The molecule has 3 heterocycles. The monoisotopic (exact) mass is 525 g/mol. The van der Waals surface area contributed by atoms with Gasteiger partial charge in [0.25, 0.3) is 0 Å². The smallest absolute Gasteiger partial charge is 0.320 e. The summed E-state index contributed by atoms with van der Waals surface area (Å²) in [5, 5.41) is 1.12. The number of aromatic nitrogens is 1. The van der Waals surface area contributed by atoms with Crippen LogP contribution in [0, 0.1) is 5.92 Å². The molecule has 1 aromatic rings. The van der Waals surface area contributed by atoms with Gasteiger partial charge in [-0.05, 0) is 38.5 Å². The Labute approximate surface area is 220 Å². The van der Waals surface area contributed by atoms with Gasteiger partial charge in [0.05, 0.1) is 15.7 Å². The minimum Gasteiger partial charge on any atom is -0.365 e. The fraction of sp³-hybridized carbons (Fsp3) is 0.731. The van der Waals surface area contributed by atoms with E-state index < -0.39 is 0 Å². The maximum absolute atomic E-state index is 12.8. The van der Waals surface area contributed by atoms with E-state index in [1.165, 1.54) is 38.5 Å². The number of piperidine rings is 1. The Morgan fingerprint density at radius 1 is 0.971 bits per heavy atom. The molecular weight excluding hydrogens is 485 g/mol. The second-order valence-corrected chi connectivity index (χ2v) is 10.6. The van der Waals surface area contributed by atoms with Crippen LogP contribution in [0.15, 0.2) is 12.4 Å². The van der Waals surface area contributed by atoms with Crippen molar-refractivity contribution in [3.63, 3.8) is 0 Å². The lowest BCUT2D eigenvalue weighted by atomic mass is 9.94. The van der Waals surface area contributed by atoms with Crippen LogP contribution in [0.3, 0.4) is 0 Å². The summed E-state index contributed by atoms with van der Waals surface area (Å²) in [5.74, 6) is 0.651. The normalized spacial score (nSPS) is 21.3. The van der Waals surface area contributed by atoms with Gasteiger partial charge >= 0.3 is 6.03 Å². The molecule has 0 radical (unpaired) electrons. The number of likely N-dealkylation sites (tertiary alicyclic amines) is 1. The number of nitrogens with zero attached hydrogens (tertiary/aromatic N) is 5. The van der Waals surface area contributed by atoms with Gasteiger partial charge in [0.2, 0.25) is 6.41 Å². The van der Waals surface area contributed by atoms with E-state index in [0.29, 0.717) is 35.1 Å².